The molecule has 0 bridgehead atoms. The van der Waals surface area contributed by atoms with Crippen molar-refractivity contribution in [2.45, 2.75) is 25.8 Å². The molecule has 26 heavy (non-hydrogen) atoms. The van der Waals surface area contributed by atoms with Crippen LogP contribution in [0.4, 0.5) is 5.69 Å². The van der Waals surface area contributed by atoms with E-state index in [1.165, 1.54) is 4.31 Å². The Hall–Kier alpha value is -2.39. The molecule has 0 radical (unpaired) electrons. The molecule has 9 heteroatoms. The van der Waals surface area contributed by atoms with Crippen LogP contribution in [0.1, 0.15) is 30.3 Å². The molecule has 1 aliphatic rings. The van der Waals surface area contributed by atoms with E-state index in [0.29, 0.717) is 30.4 Å². The molecule has 1 saturated heterocycles. The second-order valence-corrected chi connectivity index (χ2v) is 7.98. The number of hydrogen-bond acceptors (Lipinski definition) is 6. The van der Waals surface area contributed by atoms with Gasteiger partial charge < -0.3 is 14.5 Å². The summed E-state index contributed by atoms with van der Waals surface area (Å²) in [6, 6.07) is 6.07. The normalized spacial score (nSPS) is 18.2. The Balaban J connectivity index is 1.96. The summed E-state index contributed by atoms with van der Waals surface area (Å²) in [5.41, 5.74) is 0.627. The lowest BCUT2D eigenvalue weighted by Crippen LogP contribution is -2.42. The van der Waals surface area contributed by atoms with Gasteiger partial charge in [-0.1, -0.05) is 12.1 Å². The van der Waals surface area contributed by atoms with Gasteiger partial charge in [0.05, 0.1) is 12.9 Å². The molecule has 0 saturated carbocycles. The average Bonchev–Trinajstić information content (AvgIpc) is 3.20. The van der Waals surface area contributed by atoms with Crippen molar-refractivity contribution in [1.29, 1.82) is 0 Å². The van der Waals surface area contributed by atoms with Gasteiger partial charge in [0.2, 0.25) is 21.7 Å². The standard InChI is InChI=1S/C17H20N2O6S/c1-3-24-17(21)15-14(11-7-4-5-9-13(11)25-15)18-16(20)12-8-6-10-19(12)26(2,22)23/h4-5,7,9,12H,3,6,8,10H2,1-2H3,(H,18,20)/t12-/m1/s1. The highest BCUT2D eigenvalue weighted by Gasteiger charge is 2.37. The highest BCUT2D eigenvalue weighted by molar-refractivity contribution is 7.88. The Labute approximate surface area is 151 Å². The molecule has 140 valence electrons. The summed E-state index contributed by atoms with van der Waals surface area (Å²) in [6.07, 6.45) is 2.10. The van der Waals surface area contributed by atoms with Crippen molar-refractivity contribution in [3.63, 3.8) is 0 Å². The summed E-state index contributed by atoms with van der Waals surface area (Å²) in [5, 5.41) is 3.23. The number of carbonyl (C=O) groups excluding carboxylic acids is 2. The van der Waals surface area contributed by atoms with E-state index in [1.807, 2.05) is 0 Å². The topological polar surface area (TPSA) is 106 Å². The molecule has 1 atom stereocenters. The van der Waals surface area contributed by atoms with Crippen LogP contribution in [0.15, 0.2) is 28.7 Å². The number of furan rings is 1. The Kier molecular flexibility index (Phi) is 5.01. The van der Waals surface area contributed by atoms with Gasteiger partial charge in [0.1, 0.15) is 17.3 Å². The highest BCUT2D eigenvalue weighted by Crippen LogP contribution is 2.32. The third-order valence-electron chi connectivity index (χ3n) is 4.24. The van der Waals surface area contributed by atoms with Crippen LogP contribution in [-0.4, -0.2) is 50.0 Å². The maximum Gasteiger partial charge on any atom is 0.376 e. The molecule has 8 nitrogen and oxygen atoms in total. The lowest BCUT2D eigenvalue weighted by molar-refractivity contribution is -0.119. The van der Waals surface area contributed by atoms with E-state index in [-0.39, 0.29) is 18.1 Å². The fraction of sp³-hybridized carbons (Fsp3) is 0.412. The van der Waals surface area contributed by atoms with Crippen LogP contribution in [0.5, 0.6) is 0 Å². The minimum atomic E-state index is -3.50. The van der Waals surface area contributed by atoms with Gasteiger partial charge in [-0.25, -0.2) is 13.2 Å². The number of nitrogens with one attached hydrogen (secondary N) is 1. The number of ether oxygens (including phenoxy) is 1. The first-order valence-corrected chi connectivity index (χ1v) is 10.1. The predicted octanol–water partition coefficient (Wildman–Crippen LogP) is 1.97. The van der Waals surface area contributed by atoms with E-state index in [9.17, 15) is 18.0 Å². The molecule has 2 heterocycles. The smallest absolute Gasteiger partial charge is 0.376 e. The lowest BCUT2D eigenvalue weighted by atomic mass is 10.2. The van der Waals surface area contributed by atoms with Crippen LogP contribution < -0.4 is 5.32 Å². The van der Waals surface area contributed by atoms with E-state index in [4.69, 9.17) is 9.15 Å². The highest BCUT2D eigenvalue weighted by atomic mass is 32.2. The largest absolute Gasteiger partial charge is 0.460 e. The van der Waals surface area contributed by atoms with E-state index in [1.54, 1.807) is 31.2 Å². The SMILES string of the molecule is CCOC(=O)c1oc2ccccc2c1NC(=O)[C@H]1CCCN1S(C)(=O)=O. The quantitative estimate of drug-likeness (QED) is 0.795. The number of nitrogens with zero attached hydrogens (tertiary/aromatic N) is 1. The lowest BCUT2D eigenvalue weighted by Gasteiger charge is -2.21. The first-order valence-electron chi connectivity index (χ1n) is 8.29. The summed E-state index contributed by atoms with van der Waals surface area (Å²) >= 11 is 0. The van der Waals surface area contributed by atoms with Crippen molar-refractivity contribution >= 4 is 38.6 Å². The Morgan fingerprint density at radius 1 is 1.35 bits per heavy atom. The molecule has 1 amide bonds. The number of para-hydroxylation sites is 1. The van der Waals surface area contributed by atoms with Crippen molar-refractivity contribution in [3.05, 3.63) is 30.0 Å². The summed E-state index contributed by atoms with van der Waals surface area (Å²) in [6.45, 7) is 2.13. The maximum atomic E-state index is 12.7. The van der Waals surface area contributed by atoms with Gasteiger partial charge in [0.15, 0.2) is 0 Å². The van der Waals surface area contributed by atoms with Crippen LogP contribution in [0.25, 0.3) is 11.0 Å². The van der Waals surface area contributed by atoms with Crippen molar-refractivity contribution in [3.8, 4) is 0 Å². The van der Waals surface area contributed by atoms with Gasteiger partial charge in [-0.05, 0) is 31.9 Å². The van der Waals surface area contributed by atoms with Crippen LogP contribution >= 0.6 is 0 Å². The third kappa shape index (κ3) is 3.45. The summed E-state index contributed by atoms with van der Waals surface area (Å²) in [7, 11) is -3.50. The number of esters is 1. The fourth-order valence-corrected chi connectivity index (χ4v) is 4.24. The Morgan fingerprint density at radius 2 is 2.08 bits per heavy atom. The molecule has 1 N–H and O–H groups in total. The number of sulfonamides is 1. The van der Waals surface area contributed by atoms with Gasteiger partial charge >= 0.3 is 5.97 Å². The molecular formula is C17H20N2O6S. The molecule has 1 aromatic carbocycles. The Bertz CT molecular complexity index is 949. The molecule has 0 unspecified atom stereocenters. The second-order valence-electron chi connectivity index (χ2n) is 6.04. The van der Waals surface area contributed by atoms with Crippen LogP contribution in [0, 0.1) is 0 Å². The van der Waals surface area contributed by atoms with E-state index in [2.05, 4.69) is 5.32 Å². The number of benzene rings is 1. The van der Waals surface area contributed by atoms with E-state index in [0.717, 1.165) is 6.26 Å². The third-order valence-corrected chi connectivity index (χ3v) is 5.53. The minimum Gasteiger partial charge on any atom is -0.460 e. The van der Waals surface area contributed by atoms with Crippen molar-refractivity contribution in [1.82, 2.24) is 4.31 Å². The minimum absolute atomic E-state index is 0.106. The summed E-state index contributed by atoms with van der Waals surface area (Å²) < 4.78 is 35.5. The van der Waals surface area contributed by atoms with Gasteiger partial charge in [0, 0.05) is 11.9 Å². The zero-order valence-corrected chi connectivity index (χ0v) is 15.3. The van der Waals surface area contributed by atoms with Gasteiger partial charge in [0.25, 0.3) is 0 Å². The van der Waals surface area contributed by atoms with Crippen LogP contribution in [-0.2, 0) is 19.6 Å². The number of rotatable bonds is 5. The van der Waals surface area contributed by atoms with E-state index >= 15 is 0 Å². The van der Waals surface area contributed by atoms with Crippen molar-refractivity contribution in [2.24, 2.45) is 0 Å². The molecule has 0 aliphatic carbocycles. The number of hydrogen-bond donors (Lipinski definition) is 1. The van der Waals surface area contributed by atoms with Crippen molar-refractivity contribution < 1.29 is 27.2 Å². The van der Waals surface area contributed by atoms with Crippen LogP contribution in [0.2, 0.25) is 0 Å². The molecule has 3 rings (SSSR count). The number of amides is 1. The van der Waals surface area contributed by atoms with Gasteiger partial charge in [-0.3, -0.25) is 4.79 Å². The molecule has 2 aromatic rings. The zero-order chi connectivity index (χ0) is 18.9. The predicted molar refractivity (Wildman–Crippen MR) is 95.4 cm³/mol. The maximum absolute atomic E-state index is 12.7. The molecular weight excluding hydrogens is 360 g/mol. The average molecular weight is 380 g/mol. The first kappa shape index (κ1) is 18.4. The van der Waals surface area contributed by atoms with Gasteiger partial charge in [-0.15, -0.1) is 0 Å². The molecule has 0 spiro atoms. The summed E-state index contributed by atoms with van der Waals surface area (Å²) in [4.78, 5) is 24.9. The first-order chi connectivity index (χ1) is 12.3. The molecule has 1 aliphatic heterocycles. The molecule has 1 aromatic heterocycles. The summed E-state index contributed by atoms with van der Waals surface area (Å²) in [5.74, 6) is -1.29. The zero-order valence-electron chi connectivity index (χ0n) is 14.5. The van der Waals surface area contributed by atoms with Crippen molar-refractivity contribution in [2.75, 3.05) is 24.7 Å². The fourth-order valence-electron chi connectivity index (χ4n) is 3.12. The van der Waals surface area contributed by atoms with E-state index < -0.39 is 27.9 Å². The number of anilines is 1. The number of carbonyl (C=O) groups is 2. The Morgan fingerprint density at radius 3 is 2.77 bits per heavy atom. The van der Waals surface area contributed by atoms with Gasteiger partial charge in [-0.2, -0.15) is 4.31 Å². The monoisotopic (exact) mass is 380 g/mol. The van der Waals surface area contributed by atoms with Crippen LogP contribution in [0.3, 0.4) is 0 Å². The molecule has 1 fully saturated rings. The second kappa shape index (κ2) is 7.08. The number of fused-ring (bicyclic) bond motifs is 1.